The molecule has 0 fully saturated rings. The summed E-state index contributed by atoms with van der Waals surface area (Å²) in [4.78, 5) is 0. The quantitative estimate of drug-likeness (QED) is 0.395. The van der Waals surface area contributed by atoms with E-state index in [0.717, 1.165) is 0 Å². The molecule has 0 rings (SSSR count). The Labute approximate surface area is 119 Å². The molecular weight excluding hydrogens is 280 g/mol. The van der Waals surface area contributed by atoms with E-state index in [-0.39, 0.29) is 123 Å². The van der Waals surface area contributed by atoms with Crippen LogP contribution in [0.15, 0.2) is 0 Å². The van der Waals surface area contributed by atoms with Crippen LogP contribution in [-0.4, -0.2) is 123 Å². The summed E-state index contributed by atoms with van der Waals surface area (Å²) < 4.78 is 0. The Balaban J connectivity index is 0. The van der Waals surface area contributed by atoms with Gasteiger partial charge in [-0.3, -0.25) is 0 Å². The topological polar surface area (TPSA) is 0 Å². The molecule has 0 bridgehead atoms. The molecule has 0 saturated carbocycles. The Kier molecular flexibility index (Phi) is 98.9. The summed E-state index contributed by atoms with van der Waals surface area (Å²) in [5.74, 6) is 0. The molecule has 0 aromatic rings. The van der Waals surface area contributed by atoms with E-state index in [2.05, 4.69) is 0 Å². The monoisotopic (exact) mass is 292 g/mol. The average molecular weight is 291 g/mol. The fourth-order valence-electron chi connectivity index (χ4n) is 0. The summed E-state index contributed by atoms with van der Waals surface area (Å²) in [5.41, 5.74) is 0. The number of hydrogen-bond acceptors (Lipinski definition) is 0. The van der Waals surface area contributed by atoms with Crippen molar-refractivity contribution >= 4 is 123 Å². The van der Waals surface area contributed by atoms with Gasteiger partial charge in [0.1, 0.15) is 0 Å². The van der Waals surface area contributed by atoms with Crippen LogP contribution in [0, 0.1) is 0 Å². The molecule has 0 saturated heterocycles. The molecule has 0 unspecified atom stereocenters. The molecule has 0 aliphatic rings. The van der Waals surface area contributed by atoms with Gasteiger partial charge in [0.2, 0.25) is 0 Å². The molecule has 22 valence electrons. The van der Waals surface area contributed by atoms with Crippen LogP contribution in [0.5, 0.6) is 0 Å². The van der Waals surface area contributed by atoms with Crippen LogP contribution < -0.4 is 0 Å². The zero-order valence-corrected chi connectivity index (χ0v) is 0. The standard InChI is InChI=1S/Al.Ba.H4Si.Sr.7H/h;;1H4;;;;;;;;. The Hall–Kier alpha value is 3.80. The molecule has 4 heavy (non-hydrogen) atoms. The molecule has 0 nitrogen and oxygen atoms in total. The number of hydrogen-bond donors (Lipinski definition) is 0. The molecule has 0 heterocycles. The van der Waals surface area contributed by atoms with Crippen LogP contribution in [0.4, 0.5) is 0 Å². The van der Waals surface area contributed by atoms with E-state index >= 15 is 0 Å². The molecule has 0 aliphatic heterocycles. The Bertz CT molecular complexity index is 8.00. The van der Waals surface area contributed by atoms with Crippen molar-refractivity contribution in [2.45, 2.75) is 0 Å². The van der Waals surface area contributed by atoms with Crippen molar-refractivity contribution in [2.75, 3.05) is 0 Å². The third-order valence-corrected chi connectivity index (χ3v) is 0. The van der Waals surface area contributed by atoms with Crippen molar-refractivity contribution in [2.24, 2.45) is 0 Å². The minimum absolute atomic E-state index is 0. The van der Waals surface area contributed by atoms with E-state index in [4.69, 9.17) is 0 Å². The second kappa shape index (κ2) is 15.8. The van der Waals surface area contributed by atoms with Crippen LogP contribution in [-0.2, 0) is 0 Å². The number of rotatable bonds is 0. The summed E-state index contributed by atoms with van der Waals surface area (Å²) in [6.45, 7) is 0. The summed E-state index contributed by atoms with van der Waals surface area (Å²) in [6.07, 6.45) is 0. The van der Waals surface area contributed by atoms with Crippen molar-refractivity contribution < 1.29 is 0 Å². The molecule has 4 heteroatoms. The van der Waals surface area contributed by atoms with Gasteiger partial charge in [0, 0.05) is 0 Å². The third-order valence-electron chi connectivity index (χ3n) is 0. The van der Waals surface area contributed by atoms with E-state index in [0.29, 0.717) is 0 Å². The van der Waals surface area contributed by atoms with E-state index in [1.807, 2.05) is 0 Å². The third kappa shape index (κ3) is 9.26. The van der Waals surface area contributed by atoms with Gasteiger partial charge in [-0.1, -0.05) is 0 Å². The zero-order chi connectivity index (χ0) is 0. The van der Waals surface area contributed by atoms with Gasteiger partial charge in [-0.15, -0.1) is 0 Å². The van der Waals surface area contributed by atoms with Crippen molar-refractivity contribution in [3.63, 3.8) is 0 Å². The minimum atomic E-state index is 0. The van der Waals surface area contributed by atoms with Crippen molar-refractivity contribution in [1.29, 1.82) is 0 Å². The molecule has 0 aromatic carbocycles. The van der Waals surface area contributed by atoms with Gasteiger partial charge in [-0.25, -0.2) is 0 Å². The van der Waals surface area contributed by atoms with Gasteiger partial charge in [0.25, 0.3) is 0 Å². The van der Waals surface area contributed by atoms with Crippen LogP contribution in [0.1, 0.15) is 0 Å². The summed E-state index contributed by atoms with van der Waals surface area (Å²) >= 11 is 0. The van der Waals surface area contributed by atoms with Crippen LogP contribution in [0.3, 0.4) is 0 Å². The Morgan fingerprint density at radius 1 is 1.00 bits per heavy atom. The molecule has 0 aliphatic carbocycles. The van der Waals surface area contributed by atoms with Crippen LogP contribution >= 0.6 is 0 Å². The van der Waals surface area contributed by atoms with Crippen molar-refractivity contribution in [3.05, 3.63) is 0 Å². The first-order valence-electron chi connectivity index (χ1n) is 0. The maximum absolute atomic E-state index is 0. The van der Waals surface area contributed by atoms with Gasteiger partial charge < -0.3 is 0 Å². The van der Waals surface area contributed by atoms with Gasteiger partial charge >= 0.3 is 94.4 Å². The van der Waals surface area contributed by atoms with Crippen LogP contribution in [0.25, 0.3) is 0 Å². The second-order valence-electron chi connectivity index (χ2n) is 0. The normalized spacial score (nSPS) is 0. The summed E-state index contributed by atoms with van der Waals surface area (Å²) in [7, 11) is 0. The first-order chi connectivity index (χ1) is 0. The molecule has 0 N–H and O–H groups in total. The van der Waals surface area contributed by atoms with E-state index in [9.17, 15) is 0 Å². The summed E-state index contributed by atoms with van der Waals surface area (Å²) in [5, 5.41) is 0. The van der Waals surface area contributed by atoms with Gasteiger partial charge in [0.15, 0.2) is 17.4 Å². The average Bonchev–Trinajstić information content (AvgIpc) is 0. The molecular formula is H11AlBaSiSr. The molecule has 0 spiro atoms. The maximum atomic E-state index is 0. The Morgan fingerprint density at radius 3 is 1.00 bits per heavy atom. The predicted molar refractivity (Wildman–Crippen MR) is 38.4 cm³/mol. The molecule has 0 amide bonds. The van der Waals surface area contributed by atoms with Crippen LogP contribution in [0.2, 0.25) is 0 Å². The van der Waals surface area contributed by atoms with Gasteiger partial charge in [-0.2, -0.15) is 0 Å². The SMILES string of the molecule is [AlH3].[BaH2].[SiH4].[SrH2]. The van der Waals surface area contributed by atoms with E-state index in [1.54, 1.807) is 0 Å². The van der Waals surface area contributed by atoms with Gasteiger partial charge in [-0.05, 0) is 11.0 Å². The molecule has 0 radical (unpaired) electrons. The molecule has 0 atom stereocenters. The Morgan fingerprint density at radius 2 is 1.00 bits per heavy atom. The zero-order valence-electron chi connectivity index (χ0n) is 0. The molecule has 0 aromatic heterocycles. The fraction of sp³-hybridized carbons (Fsp3) is 0. The van der Waals surface area contributed by atoms with Crippen molar-refractivity contribution in [1.82, 2.24) is 0 Å². The fourth-order valence-corrected chi connectivity index (χ4v) is 0. The first-order valence-corrected chi connectivity index (χ1v) is 0. The van der Waals surface area contributed by atoms with E-state index in [1.165, 1.54) is 0 Å². The van der Waals surface area contributed by atoms with Crippen molar-refractivity contribution in [3.8, 4) is 0 Å². The summed E-state index contributed by atoms with van der Waals surface area (Å²) in [6, 6.07) is 0. The first kappa shape index (κ1) is 25.0. The second-order valence-corrected chi connectivity index (χ2v) is 0. The van der Waals surface area contributed by atoms with Gasteiger partial charge in [0.05, 0.1) is 0 Å². The van der Waals surface area contributed by atoms with E-state index < -0.39 is 0 Å². The predicted octanol–water partition coefficient (Wildman–Crippen LogP) is -4.47.